The highest BCUT2D eigenvalue weighted by molar-refractivity contribution is 7.99. The maximum atomic E-state index is 13.0. The number of hydrogen-bond donors (Lipinski definition) is 2. The number of halogens is 1. The van der Waals surface area contributed by atoms with Crippen LogP contribution < -0.4 is 16.2 Å². The molecule has 0 unspecified atom stereocenters. The molecule has 0 fully saturated rings. The van der Waals surface area contributed by atoms with Crippen molar-refractivity contribution in [2.75, 3.05) is 12.4 Å². The molecule has 2 heterocycles. The van der Waals surface area contributed by atoms with Crippen molar-refractivity contribution in [1.82, 2.24) is 20.2 Å². The number of nitrogens with one attached hydrogen (secondary N) is 2. The molecule has 2 amide bonds. The first kappa shape index (κ1) is 22.2. The van der Waals surface area contributed by atoms with Crippen LogP contribution in [-0.2, 0) is 16.1 Å². The van der Waals surface area contributed by atoms with Gasteiger partial charge in [0.25, 0.3) is 5.56 Å². The first-order chi connectivity index (χ1) is 14.3. The molecule has 1 aliphatic heterocycles. The highest BCUT2D eigenvalue weighted by atomic mass is 35.5. The van der Waals surface area contributed by atoms with Gasteiger partial charge in [-0.2, -0.15) is 0 Å². The molecular formula is C20H23ClN4O4S. The Bertz CT molecular complexity index is 1080. The molecule has 30 heavy (non-hydrogen) atoms. The van der Waals surface area contributed by atoms with Crippen molar-refractivity contribution in [3.05, 3.63) is 44.8 Å². The topological polar surface area (TPSA) is 102 Å². The molecule has 0 aliphatic carbocycles. The minimum Gasteiger partial charge on any atom is -0.463 e. The molecule has 3 rings (SSSR count). The quantitative estimate of drug-likeness (QED) is 0.382. The molecule has 2 aromatic rings. The Morgan fingerprint density at radius 1 is 1.33 bits per heavy atom. The Kier molecular flexibility index (Phi) is 7.04. The van der Waals surface area contributed by atoms with Crippen molar-refractivity contribution in [2.24, 2.45) is 0 Å². The van der Waals surface area contributed by atoms with Gasteiger partial charge in [-0.3, -0.25) is 9.36 Å². The monoisotopic (exact) mass is 450 g/mol. The van der Waals surface area contributed by atoms with Crippen molar-refractivity contribution in [1.29, 1.82) is 0 Å². The van der Waals surface area contributed by atoms with E-state index in [0.717, 1.165) is 6.42 Å². The molecule has 0 saturated carbocycles. The Balaban J connectivity index is 2.01. The third-order valence-electron chi connectivity index (χ3n) is 4.54. The van der Waals surface area contributed by atoms with Crippen LogP contribution in [0.15, 0.2) is 39.4 Å². The molecule has 10 heteroatoms. The minimum atomic E-state index is -0.491. The summed E-state index contributed by atoms with van der Waals surface area (Å²) in [6, 6.07) is 4.10. The summed E-state index contributed by atoms with van der Waals surface area (Å²) >= 11 is 7.34. The normalized spacial score (nSPS) is 16.4. The van der Waals surface area contributed by atoms with Crippen molar-refractivity contribution >= 4 is 46.3 Å². The van der Waals surface area contributed by atoms with Crippen molar-refractivity contribution in [2.45, 2.75) is 44.9 Å². The zero-order valence-electron chi connectivity index (χ0n) is 17.0. The molecule has 0 radical (unpaired) electrons. The fraction of sp³-hybridized carbons (Fsp3) is 0.400. The SMILES string of the molecule is CCCn1c(SCC2=C(C(=O)OCC)[C@@H](C)NC(=O)N2)nc2cc(Cl)ccc2c1=O. The first-order valence-corrected chi connectivity index (χ1v) is 11.0. The van der Waals surface area contributed by atoms with E-state index in [1.165, 1.54) is 11.8 Å². The number of thioether (sulfide) groups is 1. The van der Waals surface area contributed by atoms with Crippen LogP contribution in [-0.4, -0.2) is 40.0 Å². The number of carbonyl (C=O) groups excluding carboxylic acids is 2. The van der Waals surface area contributed by atoms with Gasteiger partial charge in [0.1, 0.15) is 0 Å². The first-order valence-electron chi connectivity index (χ1n) is 9.66. The van der Waals surface area contributed by atoms with Crippen molar-refractivity contribution < 1.29 is 14.3 Å². The lowest BCUT2D eigenvalue weighted by Crippen LogP contribution is -2.49. The third kappa shape index (κ3) is 4.62. The number of rotatable bonds is 7. The average Bonchev–Trinajstić information content (AvgIpc) is 2.68. The van der Waals surface area contributed by atoms with Crippen LogP contribution in [0.4, 0.5) is 4.79 Å². The highest BCUT2D eigenvalue weighted by Crippen LogP contribution is 2.24. The summed E-state index contributed by atoms with van der Waals surface area (Å²) in [5.74, 6) is -0.244. The Labute approximate surface area is 183 Å². The predicted octanol–water partition coefficient (Wildman–Crippen LogP) is 3.07. The Hall–Kier alpha value is -2.52. The van der Waals surface area contributed by atoms with Gasteiger partial charge in [0, 0.05) is 23.0 Å². The van der Waals surface area contributed by atoms with Crippen LogP contribution in [0.2, 0.25) is 5.02 Å². The molecule has 1 aliphatic rings. The van der Waals surface area contributed by atoms with E-state index in [9.17, 15) is 14.4 Å². The summed E-state index contributed by atoms with van der Waals surface area (Å²) in [4.78, 5) is 41.9. The lowest BCUT2D eigenvalue weighted by atomic mass is 10.1. The number of carbonyl (C=O) groups is 2. The van der Waals surface area contributed by atoms with E-state index in [4.69, 9.17) is 16.3 Å². The fourth-order valence-corrected chi connectivity index (χ4v) is 4.40. The van der Waals surface area contributed by atoms with Gasteiger partial charge in [0.15, 0.2) is 5.16 Å². The number of amides is 2. The molecule has 1 atom stereocenters. The van der Waals surface area contributed by atoms with E-state index < -0.39 is 18.0 Å². The molecule has 8 nitrogen and oxygen atoms in total. The zero-order chi connectivity index (χ0) is 21.8. The maximum Gasteiger partial charge on any atom is 0.337 e. The van der Waals surface area contributed by atoms with Crippen molar-refractivity contribution in [3.63, 3.8) is 0 Å². The van der Waals surface area contributed by atoms with E-state index in [1.807, 2.05) is 6.92 Å². The summed E-state index contributed by atoms with van der Waals surface area (Å²) in [7, 11) is 0. The van der Waals surface area contributed by atoms with Crippen LogP contribution >= 0.6 is 23.4 Å². The summed E-state index contributed by atoms with van der Waals surface area (Å²) in [6.07, 6.45) is 0.753. The number of hydrogen-bond acceptors (Lipinski definition) is 6. The number of fused-ring (bicyclic) bond motifs is 1. The van der Waals surface area contributed by atoms with E-state index >= 15 is 0 Å². The van der Waals surface area contributed by atoms with Gasteiger partial charge in [-0.25, -0.2) is 14.6 Å². The number of benzene rings is 1. The summed E-state index contributed by atoms with van der Waals surface area (Å²) in [6.45, 7) is 6.15. The van der Waals surface area contributed by atoms with Crippen LogP contribution in [0.3, 0.4) is 0 Å². The van der Waals surface area contributed by atoms with E-state index in [0.29, 0.717) is 38.9 Å². The van der Waals surface area contributed by atoms with Gasteiger partial charge in [0.2, 0.25) is 0 Å². The lowest BCUT2D eigenvalue weighted by Gasteiger charge is -2.26. The summed E-state index contributed by atoms with van der Waals surface area (Å²) < 4.78 is 6.75. The molecule has 0 spiro atoms. The fourth-order valence-electron chi connectivity index (χ4n) is 3.23. The summed E-state index contributed by atoms with van der Waals surface area (Å²) in [5, 5.41) is 6.83. The number of esters is 1. The van der Waals surface area contributed by atoms with Crippen LogP contribution in [0, 0.1) is 0 Å². The second-order valence-electron chi connectivity index (χ2n) is 6.73. The van der Waals surface area contributed by atoms with Crippen LogP contribution in [0.5, 0.6) is 0 Å². The number of aromatic nitrogens is 2. The van der Waals surface area contributed by atoms with E-state index in [-0.39, 0.29) is 17.9 Å². The maximum absolute atomic E-state index is 13.0. The minimum absolute atomic E-state index is 0.150. The van der Waals surface area contributed by atoms with Gasteiger partial charge < -0.3 is 15.4 Å². The largest absolute Gasteiger partial charge is 0.463 e. The Morgan fingerprint density at radius 3 is 2.80 bits per heavy atom. The average molecular weight is 451 g/mol. The summed E-state index contributed by atoms with van der Waals surface area (Å²) in [5.41, 5.74) is 1.16. The van der Waals surface area contributed by atoms with Crippen LogP contribution in [0.25, 0.3) is 10.9 Å². The number of ether oxygens (including phenoxy) is 1. The van der Waals surface area contributed by atoms with Crippen molar-refractivity contribution in [3.8, 4) is 0 Å². The highest BCUT2D eigenvalue weighted by Gasteiger charge is 2.30. The van der Waals surface area contributed by atoms with Gasteiger partial charge in [-0.15, -0.1) is 0 Å². The number of urea groups is 1. The zero-order valence-corrected chi connectivity index (χ0v) is 18.5. The molecular weight excluding hydrogens is 428 g/mol. The second kappa shape index (κ2) is 9.53. The smallest absolute Gasteiger partial charge is 0.337 e. The van der Waals surface area contributed by atoms with Gasteiger partial charge in [-0.05, 0) is 38.5 Å². The van der Waals surface area contributed by atoms with Gasteiger partial charge in [0.05, 0.1) is 29.1 Å². The third-order valence-corrected chi connectivity index (χ3v) is 5.78. The molecule has 0 bridgehead atoms. The van der Waals surface area contributed by atoms with Crippen LogP contribution in [0.1, 0.15) is 27.2 Å². The standard InChI is InChI=1S/C20H23ClN4O4S/c1-4-8-25-17(26)13-7-6-12(21)9-14(13)24-20(25)30-10-15-16(18(27)29-5-2)11(3)22-19(28)23-15/h6-7,9,11H,4-5,8,10H2,1-3H3,(H2,22,23,28)/t11-/m1/s1. The van der Waals surface area contributed by atoms with E-state index in [1.54, 1.807) is 36.6 Å². The molecule has 160 valence electrons. The lowest BCUT2D eigenvalue weighted by molar-refractivity contribution is -0.138. The van der Waals surface area contributed by atoms with E-state index in [2.05, 4.69) is 15.6 Å². The van der Waals surface area contributed by atoms with Gasteiger partial charge in [-0.1, -0.05) is 30.3 Å². The molecule has 1 aromatic carbocycles. The molecule has 2 N–H and O–H groups in total. The predicted molar refractivity (Wildman–Crippen MR) is 117 cm³/mol. The second-order valence-corrected chi connectivity index (χ2v) is 8.11. The van der Waals surface area contributed by atoms with Gasteiger partial charge >= 0.3 is 12.0 Å². The Morgan fingerprint density at radius 2 is 2.10 bits per heavy atom. The molecule has 1 aromatic heterocycles. The number of nitrogens with zero attached hydrogens (tertiary/aromatic N) is 2. The molecule has 0 saturated heterocycles.